The van der Waals surface area contributed by atoms with E-state index in [4.69, 9.17) is 9.47 Å². The van der Waals surface area contributed by atoms with Crippen molar-refractivity contribution in [3.05, 3.63) is 24.5 Å². The molecule has 23 heavy (non-hydrogen) atoms. The molecule has 1 amide bonds. The second-order valence-corrected chi connectivity index (χ2v) is 5.66. The van der Waals surface area contributed by atoms with Crippen LogP contribution < -0.4 is 4.90 Å². The molecule has 1 atom stereocenters. The third kappa shape index (κ3) is 2.87. The Kier molecular flexibility index (Phi) is 3.84. The van der Waals surface area contributed by atoms with Crippen LogP contribution in [0, 0.1) is 0 Å². The summed E-state index contributed by atoms with van der Waals surface area (Å²) < 4.78 is 12.7. The first-order valence-electron chi connectivity index (χ1n) is 7.85. The first-order chi connectivity index (χ1) is 11.3. The van der Waals surface area contributed by atoms with Gasteiger partial charge in [0, 0.05) is 31.9 Å². The second kappa shape index (κ2) is 6.13. The van der Waals surface area contributed by atoms with Crippen molar-refractivity contribution in [1.82, 2.24) is 19.5 Å². The van der Waals surface area contributed by atoms with E-state index in [9.17, 15) is 4.79 Å². The van der Waals surface area contributed by atoms with Crippen molar-refractivity contribution in [2.24, 2.45) is 0 Å². The van der Waals surface area contributed by atoms with Crippen molar-refractivity contribution in [1.29, 1.82) is 0 Å². The van der Waals surface area contributed by atoms with E-state index in [1.54, 1.807) is 10.7 Å². The fourth-order valence-corrected chi connectivity index (χ4v) is 2.97. The van der Waals surface area contributed by atoms with E-state index in [0.29, 0.717) is 39.5 Å². The van der Waals surface area contributed by atoms with Gasteiger partial charge in [0.1, 0.15) is 5.82 Å². The number of hydrogen-bond donors (Lipinski definition) is 0. The van der Waals surface area contributed by atoms with Crippen LogP contribution in [0.5, 0.6) is 0 Å². The van der Waals surface area contributed by atoms with Gasteiger partial charge in [-0.2, -0.15) is 5.10 Å². The first kappa shape index (κ1) is 14.4. The molecule has 2 aliphatic rings. The minimum Gasteiger partial charge on any atom is -0.378 e. The van der Waals surface area contributed by atoms with Gasteiger partial charge < -0.3 is 19.3 Å². The number of nitrogens with zero attached hydrogens (tertiary/aromatic N) is 5. The Hall–Kier alpha value is -2.19. The topological polar surface area (TPSA) is 72.2 Å². The fourth-order valence-electron chi connectivity index (χ4n) is 2.97. The van der Waals surface area contributed by atoms with Gasteiger partial charge in [0.25, 0.3) is 5.91 Å². The largest absolute Gasteiger partial charge is 0.378 e. The summed E-state index contributed by atoms with van der Waals surface area (Å²) in [5.74, 6) is 0.893. The quantitative estimate of drug-likeness (QED) is 0.763. The highest BCUT2D eigenvalue weighted by atomic mass is 16.5. The molecule has 8 heteroatoms. The molecule has 0 radical (unpaired) electrons. The van der Waals surface area contributed by atoms with Crippen LogP contribution in [0.3, 0.4) is 0 Å². The van der Waals surface area contributed by atoms with Gasteiger partial charge in [-0.25, -0.2) is 9.50 Å². The van der Waals surface area contributed by atoms with Gasteiger partial charge in [-0.1, -0.05) is 0 Å². The Morgan fingerprint density at radius 2 is 2.04 bits per heavy atom. The minimum absolute atomic E-state index is 0.0448. The number of amides is 1. The van der Waals surface area contributed by atoms with Crippen LogP contribution >= 0.6 is 0 Å². The molecule has 4 rings (SSSR count). The lowest BCUT2D eigenvalue weighted by Crippen LogP contribution is -2.53. The average Bonchev–Trinajstić information content (AvgIpc) is 3.09. The zero-order valence-corrected chi connectivity index (χ0v) is 12.8. The maximum absolute atomic E-state index is 12.6. The zero-order valence-electron chi connectivity index (χ0n) is 12.8. The van der Waals surface area contributed by atoms with Gasteiger partial charge in [0.2, 0.25) is 0 Å². The molecule has 0 aromatic carbocycles. The number of anilines is 1. The van der Waals surface area contributed by atoms with Crippen molar-refractivity contribution in [2.75, 3.05) is 50.9 Å². The summed E-state index contributed by atoms with van der Waals surface area (Å²) >= 11 is 0. The third-order valence-corrected chi connectivity index (χ3v) is 4.23. The van der Waals surface area contributed by atoms with Crippen molar-refractivity contribution in [2.45, 2.75) is 6.10 Å². The van der Waals surface area contributed by atoms with E-state index in [-0.39, 0.29) is 5.91 Å². The van der Waals surface area contributed by atoms with Gasteiger partial charge in [-0.05, 0) is 6.07 Å². The smallest absolute Gasteiger partial charge is 0.253 e. The fraction of sp³-hybridized carbons (Fsp3) is 0.533. The highest BCUT2D eigenvalue weighted by Crippen LogP contribution is 2.17. The van der Waals surface area contributed by atoms with E-state index >= 15 is 0 Å². The Morgan fingerprint density at radius 1 is 1.17 bits per heavy atom. The van der Waals surface area contributed by atoms with Crippen LogP contribution in [0.4, 0.5) is 5.82 Å². The molecule has 8 nitrogen and oxygen atoms in total. The van der Waals surface area contributed by atoms with Crippen molar-refractivity contribution >= 4 is 17.4 Å². The SMILES string of the molecule is O=C(C1CN(c2ccn3nccc3n2)CCO1)N1CCOCC1. The van der Waals surface area contributed by atoms with Crippen LogP contribution in [-0.2, 0) is 14.3 Å². The number of rotatable bonds is 2. The summed E-state index contributed by atoms with van der Waals surface area (Å²) in [5.41, 5.74) is 0.796. The molecule has 2 aliphatic heterocycles. The molecule has 4 heterocycles. The number of aromatic nitrogens is 3. The Bertz CT molecular complexity index is 697. The second-order valence-electron chi connectivity index (χ2n) is 5.66. The predicted octanol–water partition coefficient (Wildman–Crippen LogP) is -0.207. The van der Waals surface area contributed by atoms with Crippen LogP contribution in [0.2, 0.25) is 0 Å². The lowest BCUT2D eigenvalue weighted by Gasteiger charge is -2.36. The number of ether oxygens (including phenoxy) is 2. The molecule has 0 saturated carbocycles. The lowest BCUT2D eigenvalue weighted by molar-refractivity contribution is -0.148. The summed E-state index contributed by atoms with van der Waals surface area (Å²) in [7, 11) is 0. The number of fused-ring (bicyclic) bond motifs is 1. The Labute approximate surface area is 133 Å². The summed E-state index contributed by atoms with van der Waals surface area (Å²) in [6.07, 6.45) is 3.16. The number of carbonyl (C=O) groups excluding carboxylic acids is 1. The molecule has 2 aromatic heterocycles. The molecule has 2 saturated heterocycles. The highest BCUT2D eigenvalue weighted by Gasteiger charge is 2.31. The minimum atomic E-state index is -0.440. The molecular formula is C15H19N5O3. The summed E-state index contributed by atoms with van der Waals surface area (Å²) in [6, 6.07) is 3.78. The monoisotopic (exact) mass is 317 g/mol. The van der Waals surface area contributed by atoms with Crippen LogP contribution in [0.25, 0.3) is 5.65 Å². The lowest BCUT2D eigenvalue weighted by atomic mass is 10.2. The normalized spacial score (nSPS) is 22.5. The summed E-state index contributed by atoms with van der Waals surface area (Å²) in [4.78, 5) is 21.1. The van der Waals surface area contributed by atoms with E-state index in [0.717, 1.165) is 18.0 Å². The van der Waals surface area contributed by atoms with E-state index in [1.807, 2.05) is 23.2 Å². The average molecular weight is 317 g/mol. The Balaban J connectivity index is 1.48. The molecule has 0 aliphatic carbocycles. The summed E-state index contributed by atoms with van der Waals surface area (Å²) in [5, 5.41) is 4.15. The van der Waals surface area contributed by atoms with Crippen LogP contribution in [0.1, 0.15) is 0 Å². The number of carbonyl (C=O) groups is 1. The summed E-state index contributed by atoms with van der Waals surface area (Å²) in [6.45, 7) is 4.24. The molecule has 0 N–H and O–H groups in total. The predicted molar refractivity (Wildman–Crippen MR) is 82.3 cm³/mol. The van der Waals surface area contributed by atoms with E-state index in [2.05, 4.69) is 15.0 Å². The van der Waals surface area contributed by atoms with Crippen LogP contribution in [0.15, 0.2) is 24.5 Å². The van der Waals surface area contributed by atoms with Crippen molar-refractivity contribution in [3.63, 3.8) is 0 Å². The first-order valence-corrected chi connectivity index (χ1v) is 7.85. The highest BCUT2D eigenvalue weighted by molar-refractivity contribution is 5.82. The van der Waals surface area contributed by atoms with Crippen molar-refractivity contribution in [3.8, 4) is 0 Å². The van der Waals surface area contributed by atoms with Gasteiger partial charge in [0.15, 0.2) is 11.8 Å². The van der Waals surface area contributed by atoms with Gasteiger partial charge in [-0.3, -0.25) is 4.79 Å². The Morgan fingerprint density at radius 3 is 2.91 bits per heavy atom. The zero-order chi connectivity index (χ0) is 15.6. The molecule has 0 bridgehead atoms. The molecule has 1 unspecified atom stereocenters. The molecule has 122 valence electrons. The number of hydrogen-bond acceptors (Lipinski definition) is 6. The van der Waals surface area contributed by atoms with E-state index < -0.39 is 6.10 Å². The molecular weight excluding hydrogens is 298 g/mol. The van der Waals surface area contributed by atoms with E-state index in [1.165, 1.54) is 0 Å². The van der Waals surface area contributed by atoms with Gasteiger partial charge in [-0.15, -0.1) is 0 Å². The maximum Gasteiger partial charge on any atom is 0.253 e. The molecule has 2 fully saturated rings. The maximum atomic E-state index is 12.6. The third-order valence-electron chi connectivity index (χ3n) is 4.23. The number of morpholine rings is 2. The van der Waals surface area contributed by atoms with Crippen molar-refractivity contribution < 1.29 is 14.3 Å². The van der Waals surface area contributed by atoms with Gasteiger partial charge >= 0.3 is 0 Å². The molecule has 0 spiro atoms. The molecule has 2 aromatic rings. The standard InChI is InChI=1S/C15H19N5O3/c21-15(18-5-8-22-9-6-18)12-11-19(7-10-23-12)13-2-4-20-14(17-13)1-3-16-20/h1-4,12H,5-11H2. The van der Waals surface area contributed by atoms with Gasteiger partial charge in [0.05, 0.1) is 32.6 Å². The van der Waals surface area contributed by atoms with Crippen LogP contribution in [-0.4, -0.2) is 77.5 Å².